The molecule has 88 valence electrons. The van der Waals surface area contributed by atoms with Crippen molar-refractivity contribution in [3.8, 4) is 0 Å². The van der Waals surface area contributed by atoms with Crippen LogP contribution in [0.3, 0.4) is 0 Å². The van der Waals surface area contributed by atoms with E-state index in [1.54, 1.807) is 12.1 Å². The zero-order valence-electron chi connectivity index (χ0n) is 9.38. The third-order valence-electron chi connectivity index (χ3n) is 2.41. The molecule has 2 N–H and O–H groups in total. The summed E-state index contributed by atoms with van der Waals surface area (Å²) >= 11 is 0. The maximum Gasteiger partial charge on any atom is 0.269 e. The number of nitro groups is 1. The number of benzene rings is 1. The maximum atomic E-state index is 10.5. The minimum absolute atomic E-state index is 0.00481. The number of hydrogen-bond acceptors (Lipinski definition) is 4. The van der Waals surface area contributed by atoms with Crippen molar-refractivity contribution < 1.29 is 10.0 Å². The Balaban J connectivity index is 2.70. The van der Waals surface area contributed by atoms with Crippen LogP contribution in [-0.2, 0) is 0 Å². The monoisotopic (exact) mass is 224 g/mol. The standard InChI is InChI=1S/C11H16N2O3/c1-8(7-14)12-9(2)10-3-5-11(6-4-10)13(15)16/h3-6,8-9,12,14H,7H2,1-2H3. The van der Waals surface area contributed by atoms with Crippen LogP contribution in [0.25, 0.3) is 0 Å². The average Bonchev–Trinajstić information content (AvgIpc) is 2.28. The van der Waals surface area contributed by atoms with E-state index in [0.717, 1.165) is 5.56 Å². The molecule has 2 atom stereocenters. The van der Waals surface area contributed by atoms with Crippen LogP contribution in [0.5, 0.6) is 0 Å². The van der Waals surface area contributed by atoms with Gasteiger partial charge in [-0.3, -0.25) is 10.1 Å². The summed E-state index contributed by atoms with van der Waals surface area (Å²) in [6.07, 6.45) is 0. The highest BCUT2D eigenvalue weighted by atomic mass is 16.6. The highest BCUT2D eigenvalue weighted by Crippen LogP contribution is 2.17. The first-order chi connectivity index (χ1) is 7.54. The highest BCUT2D eigenvalue weighted by Gasteiger charge is 2.10. The lowest BCUT2D eigenvalue weighted by Gasteiger charge is -2.18. The lowest BCUT2D eigenvalue weighted by Crippen LogP contribution is -2.31. The van der Waals surface area contributed by atoms with E-state index in [-0.39, 0.29) is 24.4 Å². The van der Waals surface area contributed by atoms with Gasteiger partial charge in [-0.05, 0) is 19.4 Å². The van der Waals surface area contributed by atoms with E-state index < -0.39 is 4.92 Å². The predicted molar refractivity (Wildman–Crippen MR) is 61.2 cm³/mol. The normalized spacial score (nSPS) is 14.4. The van der Waals surface area contributed by atoms with Gasteiger partial charge >= 0.3 is 0 Å². The van der Waals surface area contributed by atoms with Gasteiger partial charge in [0.25, 0.3) is 5.69 Å². The van der Waals surface area contributed by atoms with Gasteiger partial charge in [-0.25, -0.2) is 0 Å². The lowest BCUT2D eigenvalue weighted by molar-refractivity contribution is -0.384. The molecule has 0 saturated carbocycles. The van der Waals surface area contributed by atoms with Gasteiger partial charge in [0.15, 0.2) is 0 Å². The fourth-order valence-electron chi connectivity index (χ4n) is 1.46. The molecular weight excluding hydrogens is 208 g/mol. The lowest BCUT2D eigenvalue weighted by atomic mass is 10.1. The molecule has 0 aliphatic rings. The quantitative estimate of drug-likeness (QED) is 0.588. The number of aliphatic hydroxyl groups is 1. The summed E-state index contributed by atoms with van der Waals surface area (Å²) in [4.78, 5) is 10.0. The summed E-state index contributed by atoms with van der Waals surface area (Å²) in [5, 5.41) is 22.5. The van der Waals surface area contributed by atoms with Crippen LogP contribution >= 0.6 is 0 Å². The molecule has 0 amide bonds. The van der Waals surface area contributed by atoms with Gasteiger partial charge in [0.2, 0.25) is 0 Å². The van der Waals surface area contributed by atoms with E-state index in [1.165, 1.54) is 12.1 Å². The van der Waals surface area contributed by atoms with Crippen LogP contribution in [-0.4, -0.2) is 22.7 Å². The summed E-state index contributed by atoms with van der Waals surface area (Å²) in [6.45, 7) is 3.90. The Morgan fingerprint density at radius 1 is 1.38 bits per heavy atom. The minimum atomic E-state index is -0.418. The Morgan fingerprint density at radius 2 is 1.94 bits per heavy atom. The molecule has 0 heterocycles. The van der Waals surface area contributed by atoms with E-state index in [9.17, 15) is 10.1 Å². The topological polar surface area (TPSA) is 75.4 Å². The number of non-ortho nitro benzene ring substituents is 1. The smallest absolute Gasteiger partial charge is 0.269 e. The Labute approximate surface area is 94.3 Å². The molecule has 0 bridgehead atoms. The maximum absolute atomic E-state index is 10.5. The number of aliphatic hydroxyl groups excluding tert-OH is 1. The van der Waals surface area contributed by atoms with Gasteiger partial charge in [0.1, 0.15) is 0 Å². The van der Waals surface area contributed by atoms with Crippen molar-refractivity contribution >= 4 is 5.69 Å². The van der Waals surface area contributed by atoms with Crippen molar-refractivity contribution in [2.24, 2.45) is 0 Å². The Bertz CT molecular complexity index is 351. The summed E-state index contributed by atoms with van der Waals surface area (Å²) < 4.78 is 0. The highest BCUT2D eigenvalue weighted by molar-refractivity contribution is 5.34. The molecule has 16 heavy (non-hydrogen) atoms. The van der Waals surface area contributed by atoms with Gasteiger partial charge in [-0.15, -0.1) is 0 Å². The molecule has 5 heteroatoms. The van der Waals surface area contributed by atoms with Gasteiger partial charge in [-0.1, -0.05) is 12.1 Å². The molecule has 1 rings (SSSR count). The molecule has 0 spiro atoms. The Morgan fingerprint density at radius 3 is 2.38 bits per heavy atom. The molecular formula is C11H16N2O3. The largest absolute Gasteiger partial charge is 0.395 e. The van der Waals surface area contributed by atoms with Gasteiger partial charge in [0, 0.05) is 24.2 Å². The van der Waals surface area contributed by atoms with Gasteiger partial charge in [-0.2, -0.15) is 0 Å². The van der Waals surface area contributed by atoms with Crippen molar-refractivity contribution in [3.63, 3.8) is 0 Å². The summed E-state index contributed by atoms with van der Waals surface area (Å²) in [7, 11) is 0. The molecule has 0 aliphatic heterocycles. The Hall–Kier alpha value is -1.46. The number of nitrogens with zero attached hydrogens (tertiary/aromatic N) is 1. The number of hydrogen-bond donors (Lipinski definition) is 2. The van der Waals surface area contributed by atoms with Crippen molar-refractivity contribution in [2.45, 2.75) is 25.9 Å². The third-order valence-corrected chi connectivity index (χ3v) is 2.41. The zero-order chi connectivity index (χ0) is 12.1. The van der Waals surface area contributed by atoms with Crippen LogP contribution in [0.4, 0.5) is 5.69 Å². The molecule has 0 aliphatic carbocycles. The molecule has 5 nitrogen and oxygen atoms in total. The van der Waals surface area contributed by atoms with Crippen LogP contribution < -0.4 is 5.32 Å². The van der Waals surface area contributed by atoms with Crippen molar-refractivity contribution in [1.82, 2.24) is 5.32 Å². The van der Waals surface area contributed by atoms with Gasteiger partial charge in [0.05, 0.1) is 11.5 Å². The minimum Gasteiger partial charge on any atom is -0.395 e. The second-order valence-corrected chi connectivity index (χ2v) is 3.82. The molecule has 1 aromatic rings. The van der Waals surface area contributed by atoms with E-state index in [4.69, 9.17) is 5.11 Å². The average molecular weight is 224 g/mol. The second kappa shape index (κ2) is 5.58. The first-order valence-electron chi connectivity index (χ1n) is 5.16. The molecule has 1 aromatic carbocycles. The first kappa shape index (κ1) is 12.6. The van der Waals surface area contributed by atoms with Crippen LogP contribution in [0.1, 0.15) is 25.5 Å². The number of nitrogens with one attached hydrogen (secondary N) is 1. The SMILES string of the molecule is CC(CO)NC(C)c1ccc([N+](=O)[O-])cc1. The first-order valence-corrected chi connectivity index (χ1v) is 5.16. The molecule has 0 fully saturated rings. The zero-order valence-corrected chi connectivity index (χ0v) is 9.38. The van der Waals surface area contributed by atoms with Crippen molar-refractivity contribution in [1.29, 1.82) is 0 Å². The van der Waals surface area contributed by atoms with Crippen LogP contribution in [0.2, 0.25) is 0 Å². The summed E-state index contributed by atoms with van der Waals surface area (Å²) in [5.74, 6) is 0. The third kappa shape index (κ3) is 3.29. The van der Waals surface area contributed by atoms with Crippen molar-refractivity contribution in [2.75, 3.05) is 6.61 Å². The Kier molecular flexibility index (Phi) is 4.39. The molecule has 0 aromatic heterocycles. The second-order valence-electron chi connectivity index (χ2n) is 3.82. The predicted octanol–water partition coefficient (Wildman–Crippen LogP) is 1.63. The fourth-order valence-corrected chi connectivity index (χ4v) is 1.46. The summed E-state index contributed by atoms with van der Waals surface area (Å²) in [5.41, 5.74) is 1.05. The molecule has 2 unspecified atom stereocenters. The fraction of sp³-hybridized carbons (Fsp3) is 0.455. The van der Waals surface area contributed by atoms with E-state index in [1.807, 2.05) is 13.8 Å². The number of nitro benzene ring substituents is 1. The molecule has 0 saturated heterocycles. The van der Waals surface area contributed by atoms with E-state index in [2.05, 4.69) is 5.32 Å². The van der Waals surface area contributed by atoms with Crippen LogP contribution in [0.15, 0.2) is 24.3 Å². The molecule has 0 radical (unpaired) electrons. The van der Waals surface area contributed by atoms with Crippen LogP contribution in [0, 0.1) is 10.1 Å². The van der Waals surface area contributed by atoms with E-state index >= 15 is 0 Å². The van der Waals surface area contributed by atoms with E-state index in [0.29, 0.717) is 0 Å². The van der Waals surface area contributed by atoms with Gasteiger partial charge < -0.3 is 10.4 Å². The van der Waals surface area contributed by atoms with Crippen molar-refractivity contribution in [3.05, 3.63) is 39.9 Å². The number of rotatable bonds is 5. The summed E-state index contributed by atoms with van der Waals surface area (Å²) in [6, 6.07) is 6.47.